The van der Waals surface area contributed by atoms with Crippen molar-refractivity contribution in [2.75, 3.05) is 20.7 Å². The molecule has 1 aromatic carbocycles. The smallest absolute Gasteiger partial charge is 0.303 e. The lowest BCUT2D eigenvalue weighted by molar-refractivity contribution is -0.141. The van der Waals surface area contributed by atoms with Gasteiger partial charge in [0.1, 0.15) is 0 Å². The molecule has 4 amide bonds. The molecular formula is C28H28Br2Cl2N2O8. The summed E-state index contributed by atoms with van der Waals surface area (Å²) in [6, 6.07) is 1.52. The molecule has 14 heteroatoms. The molecule has 10 nitrogen and oxygen atoms in total. The molecule has 3 fully saturated rings. The zero-order valence-electron chi connectivity index (χ0n) is 22.7. The number of carbonyl (C=O) groups is 5. The second-order valence-corrected chi connectivity index (χ2v) is 14.0. The second kappa shape index (κ2) is 11.1. The zero-order chi connectivity index (χ0) is 30.9. The maximum absolute atomic E-state index is 13.8. The molecule has 0 bridgehead atoms. The van der Waals surface area contributed by atoms with Gasteiger partial charge < -0.3 is 14.9 Å². The number of imide groups is 2. The number of rotatable bonds is 8. The minimum absolute atomic E-state index is 0.0107. The average Bonchev–Trinajstić information content (AvgIpc) is 3.26. The molecule has 1 saturated carbocycles. The number of ether oxygens (including phenoxy) is 1. The minimum Gasteiger partial charge on any atom is -0.503 e. The van der Waals surface area contributed by atoms with Crippen LogP contribution in [0.1, 0.15) is 50.0 Å². The van der Waals surface area contributed by atoms with Gasteiger partial charge >= 0.3 is 5.97 Å². The molecule has 0 radical (unpaired) electrons. The van der Waals surface area contributed by atoms with Crippen LogP contribution in [0.2, 0.25) is 0 Å². The van der Waals surface area contributed by atoms with Crippen LogP contribution >= 0.6 is 55.1 Å². The lowest BCUT2D eigenvalue weighted by Gasteiger charge is -2.51. The van der Waals surface area contributed by atoms with E-state index in [1.54, 1.807) is 0 Å². The number of carboxylic acid groups (broad SMARTS) is 1. The molecule has 2 N–H and O–H groups in total. The SMILES string of the molecule is COc1cc([C@H]2C3=CC[C@@H]4C(=O)N(CCCCCC(=O)O)C(=O)[C@@H]4[C@@H]3C[C@@]3(Cl)C(=O)N(C)C(=O)[C@@]23Cl)c(Br)c(Br)c1O. The van der Waals surface area contributed by atoms with Crippen LogP contribution in [0.4, 0.5) is 0 Å². The number of methoxy groups -OCH3 is 1. The predicted octanol–water partition coefficient (Wildman–Crippen LogP) is 4.56. The molecule has 2 aliphatic heterocycles. The van der Waals surface area contributed by atoms with Gasteiger partial charge in [-0.05, 0) is 75.1 Å². The summed E-state index contributed by atoms with van der Waals surface area (Å²) in [4.78, 5) is 63.7. The van der Waals surface area contributed by atoms with E-state index in [1.807, 2.05) is 6.08 Å². The van der Waals surface area contributed by atoms with Crippen LogP contribution in [0.3, 0.4) is 0 Å². The van der Waals surface area contributed by atoms with Crippen molar-refractivity contribution in [3.63, 3.8) is 0 Å². The average molecular weight is 751 g/mol. The minimum atomic E-state index is -1.98. The first-order valence-electron chi connectivity index (χ1n) is 13.4. The lowest BCUT2D eigenvalue weighted by atomic mass is 9.56. The van der Waals surface area contributed by atoms with Crippen LogP contribution in [0.25, 0.3) is 0 Å². The van der Waals surface area contributed by atoms with Crippen molar-refractivity contribution < 1.29 is 38.9 Å². The number of carboxylic acids is 1. The molecule has 42 heavy (non-hydrogen) atoms. The fourth-order valence-electron chi connectivity index (χ4n) is 7.08. The predicted molar refractivity (Wildman–Crippen MR) is 158 cm³/mol. The Morgan fingerprint density at radius 2 is 1.76 bits per heavy atom. The third-order valence-corrected chi connectivity index (χ3v) is 12.7. The number of aliphatic carboxylic acids is 1. The molecule has 2 saturated heterocycles. The van der Waals surface area contributed by atoms with Gasteiger partial charge in [0.25, 0.3) is 11.8 Å². The first-order chi connectivity index (χ1) is 19.7. The lowest BCUT2D eigenvalue weighted by Crippen LogP contribution is -2.60. The highest BCUT2D eigenvalue weighted by molar-refractivity contribution is 9.13. The third-order valence-electron chi connectivity index (χ3n) is 9.08. The molecule has 226 valence electrons. The van der Waals surface area contributed by atoms with Crippen LogP contribution in [0, 0.1) is 17.8 Å². The summed E-state index contributed by atoms with van der Waals surface area (Å²) in [6.45, 7) is 0.162. The Morgan fingerprint density at radius 1 is 1.07 bits per heavy atom. The first kappa shape index (κ1) is 31.3. The number of carbonyl (C=O) groups excluding carboxylic acids is 4. The van der Waals surface area contributed by atoms with Gasteiger partial charge in [0.05, 0.1) is 23.4 Å². The van der Waals surface area contributed by atoms with Crippen molar-refractivity contribution in [2.45, 2.75) is 54.2 Å². The van der Waals surface area contributed by atoms with Gasteiger partial charge in [-0.1, -0.05) is 18.1 Å². The number of allylic oxidation sites excluding steroid dienone is 2. The van der Waals surface area contributed by atoms with Crippen molar-refractivity contribution in [2.24, 2.45) is 17.8 Å². The molecule has 0 aromatic heterocycles. The monoisotopic (exact) mass is 748 g/mol. The highest BCUT2D eigenvalue weighted by Gasteiger charge is 2.76. The number of benzene rings is 1. The molecule has 2 heterocycles. The Morgan fingerprint density at radius 3 is 2.40 bits per heavy atom. The number of hydrogen-bond donors (Lipinski definition) is 2. The van der Waals surface area contributed by atoms with Gasteiger partial charge in [0, 0.05) is 30.4 Å². The normalized spacial score (nSPS) is 32.1. The van der Waals surface area contributed by atoms with E-state index in [0.717, 1.165) is 4.90 Å². The van der Waals surface area contributed by atoms with Crippen molar-refractivity contribution in [3.05, 3.63) is 32.2 Å². The third kappa shape index (κ3) is 4.34. The van der Waals surface area contributed by atoms with E-state index in [1.165, 1.54) is 25.1 Å². The molecular weight excluding hydrogens is 723 g/mol. The van der Waals surface area contributed by atoms with E-state index >= 15 is 0 Å². The van der Waals surface area contributed by atoms with Crippen LogP contribution in [-0.2, 0) is 24.0 Å². The quantitative estimate of drug-likeness (QED) is 0.171. The standard InChI is InChI=1S/C28H28Br2Cl2N2O8/c1-33-25(40)27(31)11-15-12(7-8-13-18(15)24(39)34(23(13)38)9-5-3-4-6-17(35)36)19(28(27,32)26(33)41)14-10-16(42-2)22(37)21(30)20(14)29/h7,10,13,15,18-19,37H,3-6,8-9,11H2,1-2H3,(H,35,36)/t13-,15+,18-,19+,27+,28-/m0/s1. The van der Waals surface area contributed by atoms with Gasteiger partial charge in [-0.3, -0.25) is 33.8 Å². The van der Waals surface area contributed by atoms with Crippen molar-refractivity contribution in [1.82, 2.24) is 9.80 Å². The molecule has 5 rings (SSSR count). The van der Waals surface area contributed by atoms with Crippen LogP contribution in [-0.4, -0.2) is 80.1 Å². The Kier molecular flexibility index (Phi) is 8.26. The summed E-state index contributed by atoms with van der Waals surface area (Å²) in [5.74, 6) is -6.27. The number of phenols is 1. The maximum Gasteiger partial charge on any atom is 0.303 e. The Labute approximate surface area is 268 Å². The number of alkyl halides is 2. The maximum atomic E-state index is 13.8. The summed E-state index contributed by atoms with van der Waals surface area (Å²) >= 11 is 21.3. The number of unbranched alkanes of at least 4 members (excludes halogenated alkanes) is 2. The van der Waals surface area contributed by atoms with E-state index < -0.39 is 51.2 Å². The number of fused-ring (bicyclic) bond motifs is 4. The second-order valence-electron chi connectivity index (χ2n) is 11.2. The van der Waals surface area contributed by atoms with E-state index in [0.29, 0.717) is 34.9 Å². The number of phenolic OH excluding ortho intramolecular Hbond substituents is 1. The molecule has 2 aliphatic carbocycles. The summed E-state index contributed by atoms with van der Waals surface area (Å²) in [6.07, 6.45) is 3.38. The number of aromatic hydroxyl groups is 1. The van der Waals surface area contributed by atoms with E-state index in [4.69, 9.17) is 33.0 Å². The van der Waals surface area contributed by atoms with Gasteiger partial charge in [0.2, 0.25) is 11.8 Å². The van der Waals surface area contributed by atoms with Crippen molar-refractivity contribution >= 4 is 84.7 Å². The number of halogens is 4. The molecule has 0 unspecified atom stereocenters. The summed E-state index contributed by atoms with van der Waals surface area (Å²) in [5.41, 5.74) is 1.03. The Hall–Kier alpha value is -2.15. The van der Waals surface area contributed by atoms with Gasteiger partial charge in [-0.15, -0.1) is 23.2 Å². The largest absolute Gasteiger partial charge is 0.503 e. The Bertz CT molecular complexity index is 1450. The Balaban J connectivity index is 1.59. The van der Waals surface area contributed by atoms with Gasteiger partial charge in [-0.2, -0.15) is 0 Å². The summed E-state index contributed by atoms with van der Waals surface area (Å²) in [5, 5.41) is 19.5. The summed E-state index contributed by atoms with van der Waals surface area (Å²) in [7, 11) is 2.68. The molecule has 1 aromatic rings. The van der Waals surface area contributed by atoms with Crippen LogP contribution in [0.5, 0.6) is 11.5 Å². The van der Waals surface area contributed by atoms with Gasteiger partial charge in [-0.25, -0.2) is 0 Å². The van der Waals surface area contributed by atoms with Crippen LogP contribution < -0.4 is 4.74 Å². The van der Waals surface area contributed by atoms with Crippen molar-refractivity contribution in [1.29, 1.82) is 0 Å². The number of nitrogens with zero attached hydrogens (tertiary/aromatic N) is 2. The first-order valence-corrected chi connectivity index (χ1v) is 15.8. The molecule has 4 aliphatic rings. The number of hydrogen-bond acceptors (Lipinski definition) is 7. The molecule has 6 atom stereocenters. The van der Waals surface area contributed by atoms with E-state index in [9.17, 15) is 29.1 Å². The highest BCUT2D eigenvalue weighted by atomic mass is 79.9. The van der Waals surface area contributed by atoms with Crippen molar-refractivity contribution in [3.8, 4) is 11.5 Å². The van der Waals surface area contributed by atoms with Gasteiger partial charge in [0.15, 0.2) is 21.2 Å². The fourth-order valence-corrected chi connectivity index (χ4v) is 9.04. The number of amides is 4. The topological polar surface area (TPSA) is 142 Å². The number of likely N-dealkylation sites (tertiary alicyclic amines) is 2. The van der Waals surface area contributed by atoms with E-state index in [-0.39, 0.29) is 53.6 Å². The highest BCUT2D eigenvalue weighted by Crippen LogP contribution is 2.66. The van der Waals surface area contributed by atoms with Crippen LogP contribution in [0.15, 0.2) is 26.7 Å². The summed E-state index contributed by atoms with van der Waals surface area (Å²) < 4.78 is 5.97. The van der Waals surface area contributed by atoms with E-state index in [2.05, 4.69) is 31.9 Å². The zero-order valence-corrected chi connectivity index (χ0v) is 27.3. The fraction of sp³-hybridized carbons (Fsp3) is 0.536. The molecule has 0 spiro atoms.